The fourth-order valence-electron chi connectivity index (χ4n) is 1.49. The number of nitrogens with one attached hydrogen (secondary N) is 1. The Morgan fingerprint density at radius 1 is 1.18 bits per heavy atom. The maximum atomic E-state index is 13.9. The Morgan fingerprint density at radius 2 is 1.77 bits per heavy atom. The number of esters is 2. The first-order chi connectivity index (χ1) is 10.4. The van der Waals surface area contributed by atoms with E-state index in [0.29, 0.717) is 0 Å². The van der Waals surface area contributed by atoms with Gasteiger partial charge in [0.1, 0.15) is 17.1 Å². The van der Waals surface area contributed by atoms with Gasteiger partial charge in [-0.3, -0.25) is 0 Å². The van der Waals surface area contributed by atoms with Crippen LogP contribution < -0.4 is 10.1 Å². The van der Waals surface area contributed by atoms with E-state index in [4.69, 9.17) is 4.74 Å². The molecule has 1 aromatic rings. The summed E-state index contributed by atoms with van der Waals surface area (Å²) in [6, 6.07) is 1.89. The van der Waals surface area contributed by atoms with Gasteiger partial charge >= 0.3 is 11.9 Å². The van der Waals surface area contributed by atoms with Gasteiger partial charge in [0.15, 0.2) is 11.6 Å². The number of halogens is 2. The summed E-state index contributed by atoms with van der Waals surface area (Å²) in [5, 5.41) is 2.18. The number of hydrogen-bond donors (Lipinski definition) is 1. The minimum Gasteiger partial charge on any atom is -0.494 e. The van der Waals surface area contributed by atoms with Gasteiger partial charge in [-0.1, -0.05) is 0 Å². The first-order valence-electron chi connectivity index (χ1n) is 6.19. The molecule has 0 bridgehead atoms. The molecule has 8 heteroatoms. The molecule has 0 heterocycles. The highest BCUT2D eigenvalue weighted by molar-refractivity contribution is 5.98. The average Bonchev–Trinajstić information content (AvgIpc) is 2.48. The molecule has 0 atom stereocenters. The molecule has 120 valence electrons. The molecular formula is C14H15F2NO5. The maximum Gasteiger partial charge on any atom is 0.354 e. The van der Waals surface area contributed by atoms with Gasteiger partial charge in [0.05, 0.1) is 26.9 Å². The lowest BCUT2D eigenvalue weighted by Gasteiger charge is -2.12. The Labute approximate surface area is 125 Å². The standard InChI is InChI=1S/C14H15F2NO5/c1-4-22-8-5-9(15)13(10(16)6-8)17-11(14(19)21-3)7-12(18)20-2/h5-7,17H,4H2,1-3H3/b11-7+. The third-order valence-electron chi connectivity index (χ3n) is 2.45. The summed E-state index contributed by atoms with van der Waals surface area (Å²) in [5.74, 6) is -3.87. The number of rotatable bonds is 6. The highest BCUT2D eigenvalue weighted by Gasteiger charge is 2.18. The fourth-order valence-corrected chi connectivity index (χ4v) is 1.49. The predicted molar refractivity (Wildman–Crippen MR) is 73.3 cm³/mol. The molecule has 0 aliphatic carbocycles. The zero-order valence-electron chi connectivity index (χ0n) is 12.2. The van der Waals surface area contributed by atoms with E-state index >= 15 is 0 Å². The lowest BCUT2D eigenvalue weighted by molar-refractivity contribution is -0.138. The summed E-state index contributed by atoms with van der Waals surface area (Å²) in [5.41, 5.74) is -1.10. The van der Waals surface area contributed by atoms with Crippen molar-refractivity contribution < 1.29 is 32.6 Å². The lowest BCUT2D eigenvalue weighted by atomic mass is 10.2. The molecule has 0 fully saturated rings. The van der Waals surface area contributed by atoms with Crippen LogP contribution in [-0.2, 0) is 19.1 Å². The molecule has 0 spiro atoms. The Morgan fingerprint density at radius 3 is 2.23 bits per heavy atom. The van der Waals surface area contributed by atoms with Gasteiger partial charge in [-0.25, -0.2) is 18.4 Å². The normalized spacial score (nSPS) is 10.9. The summed E-state index contributed by atoms with van der Waals surface area (Å²) in [7, 11) is 2.14. The van der Waals surface area contributed by atoms with Crippen LogP contribution in [0.4, 0.5) is 14.5 Å². The van der Waals surface area contributed by atoms with Crippen LogP contribution in [0.15, 0.2) is 23.9 Å². The van der Waals surface area contributed by atoms with E-state index < -0.39 is 35.0 Å². The van der Waals surface area contributed by atoms with Gasteiger partial charge in [-0.05, 0) is 6.92 Å². The third kappa shape index (κ3) is 4.44. The third-order valence-corrected chi connectivity index (χ3v) is 2.45. The monoisotopic (exact) mass is 315 g/mol. The minimum atomic E-state index is -0.997. The second kappa shape index (κ2) is 7.96. The van der Waals surface area contributed by atoms with Gasteiger partial charge in [0.2, 0.25) is 0 Å². The van der Waals surface area contributed by atoms with E-state index in [1.807, 2.05) is 0 Å². The van der Waals surface area contributed by atoms with Crippen molar-refractivity contribution in [2.45, 2.75) is 6.92 Å². The van der Waals surface area contributed by atoms with Crippen LogP contribution in [0, 0.1) is 11.6 Å². The highest BCUT2D eigenvalue weighted by atomic mass is 19.1. The molecule has 1 rings (SSSR count). The zero-order valence-corrected chi connectivity index (χ0v) is 12.2. The Balaban J connectivity index is 3.16. The van der Waals surface area contributed by atoms with Crippen LogP contribution >= 0.6 is 0 Å². The van der Waals surface area contributed by atoms with E-state index in [1.54, 1.807) is 6.92 Å². The second-order valence-corrected chi connectivity index (χ2v) is 3.89. The smallest absolute Gasteiger partial charge is 0.354 e. The van der Waals surface area contributed by atoms with Crippen molar-refractivity contribution in [3.63, 3.8) is 0 Å². The van der Waals surface area contributed by atoms with E-state index in [9.17, 15) is 18.4 Å². The lowest BCUT2D eigenvalue weighted by Crippen LogP contribution is -2.17. The molecule has 22 heavy (non-hydrogen) atoms. The van der Waals surface area contributed by atoms with Crippen molar-refractivity contribution in [3.05, 3.63) is 35.5 Å². The molecule has 0 saturated heterocycles. The van der Waals surface area contributed by atoms with Gasteiger partial charge in [-0.2, -0.15) is 0 Å². The van der Waals surface area contributed by atoms with Crippen molar-refractivity contribution in [2.24, 2.45) is 0 Å². The maximum absolute atomic E-state index is 13.9. The van der Waals surface area contributed by atoms with Gasteiger partial charge < -0.3 is 19.5 Å². The highest BCUT2D eigenvalue weighted by Crippen LogP contribution is 2.26. The number of hydrogen-bond acceptors (Lipinski definition) is 6. The molecule has 0 radical (unpaired) electrons. The van der Waals surface area contributed by atoms with E-state index in [2.05, 4.69) is 14.8 Å². The molecule has 6 nitrogen and oxygen atoms in total. The Kier molecular flexibility index (Phi) is 6.30. The molecule has 1 N–H and O–H groups in total. The predicted octanol–water partition coefficient (Wildman–Crippen LogP) is 2.01. The molecule has 0 amide bonds. The van der Waals surface area contributed by atoms with Gasteiger partial charge in [-0.15, -0.1) is 0 Å². The van der Waals surface area contributed by atoms with Crippen molar-refractivity contribution >= 4 is 17.6 Å². The van der Waals surface area contributed by atoms with Gasteiger partial charge in [0, 0.05) is 12.1 Å². The van der Waals surface area contributed by atoms with Crippen LogP contribution in [0.3, 0.4) is 0 Å². The summed E-state index contributed by atoms with van der Waals surface area (Å²) >= 11 is 0. The quantitative estimate of drug-likeness (QED) is 0.639. The van der Waals surface area contributed by atoms with Crippen LogP contribution in [-0.4, -0.2) is 32.8 Å². The molecule has 0 saturated carbocycles. The molecule has 0 aliphatic heterocycles. The summed E-state index contributed by atoms with van der Waals surface area (Å²) in [4.78, 5) is 22.7. The van der Waals surface area contributed by atoms with Crippen LogP contribution in [0.1, 0.15) is 6.92 Å². The molecule has 0 aromatic heterocycles. The topological polar surface area (TPSA) is 73.9 Å². The van der Waals surface area contributed by atoms with E-state index in [0.717, 1.165) is 32.4 Å². The summed E-state index contributed by atoms with van der Waals surface area (Å²) in [6.45, 7) is 1.90. The van der Waals surface area contributed by atoms with Gasteiger partial charge in [0.25, 0.3) is 0 Å². The van der Waals surface area contributed by atoms with E-state index in [1.165, 1.54) is 0 Å². The van der Waals surface area contributed by atoms with Crippen molar-refractivity contribution in [1.29, 1.82) is 0 Å². The number of carbonyl (C=O) groups is 2. The number of methoxy groups -OCH3 is 2. The van der Waals surface area contributed by atoms with Crippen molar-refractivity contribution in [1.82, 2.24) is 0 Å². The second-order valence-electron chi connectivity index (χ2n) is 3.89. The van der Waals surface area contributed by atoms with Crippen LogP contribution in [0.5, 0.6) is 5.75 Å². The number of carbonyl (C=O) groups excluding carboxylic acids is 2. The first kappa shape index (κ1) is 17.4. The Bertz CT molecular complexity index is 578. The minimum absolute atomic E-state index is 0.000356. The molecule has 0 unspecified atom stereocenters. The summed E-state index contributed by atoms with van der Waals surface area (Å²) < 4.78 is 41.6. The number of ether oxygens (including phenoxy) is 3. The molecule has 0 aliphatic rings. The van der Waals surface area contributed by atoms with Crippen molar-refractivity contribution in [2.75, 3.05) is 26.1 Å². The molecule has 1 aromatic carbocycles. The van der Waals surface area contributed by atoms with E-state index in [-0.39, 0.29) is 12.4 Å². The van der Waals surface area contributed by atoms with Crippen molar-refractivity contribution in [3.8, 4) is 5.75 Å². The number of anilines is 1. The van der Waals surface area contributed by atoms with Crippen LogP contribution in [0.25, 0.3) is 0 Å². The average molecular weight is 315 g/mol. The Hall–Kier alpha value is -2.64. The molecular weight excluding hydrogens is 300 g/mol. The number of benzene rings is 1. The van der Waals surface area contributed by atoms with Crippen LogP contribution in [0.2, 0.25) is 0 Å². The fraction of sp³-hybridized carbons (Fsp3) is 0.286. The summed E-state index contributed by atoms with van der Waals surface area (Å²) in [6.07, 6.45) is 0.723. The SMILES string of the molecule is CCOc1cc(F)c(N/C(=C/C(=O)OC)C(=O)OC)c(F)c1. The zero-order chi connectivity index (χ0) is 16.7. The first-order valence-corrected chi connectivity index (χ1v) is 6.19. The largest absolute Gasteiger partial charge is 0.494 e.